The number of benzene rings is 1. The summed E-state index contributed by atoms with van der Waals surface area (Å²) in [5.41, 5.74) is 3.07. The smallest absolute Gasteiger partial charge is 0.328 e. The van der Waals surface area contributed by atoms with Crippen molar-refractivity contribution in [1.29, 1.82) is 0 Å². The molecule has 1 unspecified atom stereocenters. The highest BCUT2D eigenvalue weighted by Gasteiger charge is 2.27. The average Bonchev–Trinajstić information content (AvgIpc) is 3.09. The largest absolute Gasteiger partial charge is 0.467 e. The van der Waals surface area contributed by atoms with E-state index in [0.717, 1.165) is 21.8 Å². The van der Waals surface area contributed by atoms with Crippen LogP contribution in [0.25, 0.3) is 0 Å². The fourth-order valence-corrected chi connectivity index (χ4v) is 3.21. The summed E-state index contributed by atoms with van der Waals surface area (Å²) in [6.07, 6.45) is 2.42. The van der Waals surface area contributed by atoms with Gasteiger partial charge in [0.1, 0.15) is 6.04 Å². The lowest BCUT2D eigenvalue weighted by Crippen LogP contribution is -2.27. The molecule has 2 aromatic rings. The Morgan fingerprint density at radius 3 is 3.19 bits per heavy atom. The van der Waals surface area contributed by atoms with Crippen LogP contribution in [0.2, 0.25) is 4.47 Å². The third-order valence-electron chi connectivity index (χ3n) is 3.34. The molecule has 0 saturated heterocycles. The Hall–Kier alpha value is -1.79. The third-order valence-corrected chi connectivity index (χ3v) is 4.46. The Morgan fingerprint density at radius 1 is 1.62 bits per heavy atom. The highest BCUT2D eigenvalue weighted by molar-refractivity contribution is 7.15. The van der Waals surface area contributed by atoms with Crippen LogP contribution in [0.15, 0.2) is 24.4 Å². The molecule has 5 nitrogen and oxygen atoms in total. The molecule has 3 rings (SSSR count). The number of carbonyl (C=O) groups is 1. The third kappa shape index (κ3) is 3.11. The SMILES string of the molecule is COC(=O)C1Cc2ccc(NCc3cnc(Cl)s3)cc2N1. The number of esters is 1. The summed E-state index contributed by atoms with van der Waals surface area (Å²) in [6, 6.07) is 5.73. The second-order valence-electron chi connectivity index (χ2n) is 4.73. The van der Waals surface area contributed by atoms with Gasteiger partial charge in [-0.25, -0.2) is 9.78 Å². The van der Waals surface area contributed by atoms with Crippen LogP contribution in [0.4, 0.5) is 11.4 Å². The molecule has 0 spiro atoms. The number of rotatable bonds is 4. The Bertz CT molecular complexity index is 674. The van der Waals surface area contributed by atoms with E-state index in [2.05, 4.69) is 15.6 Å². The van der Waals surface area contributed by atoms with E-state index in [9.17, 15) is 4.79 Å². The van der Waals surface area contributed by atoms with Crippen LogP contribution in [0.5, 0.6) is 0 Å². The van der Waals surface area contributed by atoms with E-state index >= 15 is 0 Å². The van der Waals surface area contributed by atoms with Gasteiger partial charge in [0, 0.05) is 28.9 Å². The minimum Gasteiger partial charge on any atom is -0.467 e. The number of nitrogens with one attached hydrogen (secondary N) is 2. The van der Waals surface area contributed by atoms with Gasteiger partial charge < -0.3 is 15.4 Å². The molecule has 0 fully saturated rings. The summed E-state index contributed by atoms with van der Waals surface area (Å²) in [7, 11) is 1.40. The number of hydrogen-bond acceptors (Lipinski definition) is 6. The van der Waals surface area contributed by atoms with Crippen LogP contribution in [-0.2, 0) is 22.5 Å². The number of halogens is 1. The second-order valence-corrected chi connectivity index (χ2v) is 6.43. The molecule has 1 aromatic heterocycles. The number of carbonyl (C=O) groups excluding carboxylic acids is 1. The van der Waals surface area contributed by atoms with Gasteiger partial charge in [-0.2, -0.15) is 0 Å². The predicted molar refractivity (Wildman–Crippen MR) is 84.0 cm³/mol. The number of nitrogens with zero attached hydrogens (tertiary/aromatic N) is 1. The maximum atomic E-state index is 11.6. The number of anilines is 2. The molecular weight excluding hydrogens is 310 g/mol. The molecule has 0 aliphatic carbocycles. The van der Waals surface area contributed by atoms with Crippen LogP contribution in [0.3, 0.4) is 0 Å². The van der Waals surface area contributed by atoms with Crippen LogP contribution >= 0.6 is 22.9 Å². The first-order valence-electron chi connectivity index (χ1n) is 6.47. The summed E-state index contributed by atoms with van der Waals surface area (Å²) in [6.45, 7) is 0.670. The van der Waals surface area contributed by atoms with Gasteiger partial charge in [-0.15, -0.1) is 11.3 Å². The van der Waals surface area contributed by atoms with Crippen molar-refractivity contribution < 1.29 is 9.53 Å². The number of methoxy groups -OCH3 is 1. The highest BCUT2D eigenvalue weighted by atomic mass is 35.5. The minimum absolute atomic E-state index is 0.236. The second kappa shape index (κ2) is 5.91. The van der Waals surface area contributed by atoms with Crippen LogP contribution in [0.1, 0.15) is 10.4 Å². The van der Waals surface area contributed by atoms with Crippen molar-refractivity contribution in [3.8, 4) is 0 Å². The number of fused-ring (bicyclic) bond motifs is 1. The number of ether oxygens (including phenoxy) is 1. The van der Waals surface area contributed by atoms with E-state index in [1.807, 2.05) is 18.2 Å². The molecule has 2 N–H and O–H groups in total. The fraction of sp³-hybridized carbons (Fsp3) is 0.286. The van der Waals surface area contributed by atoms with Gasteiger partial charge in [-0.1, -0.05) is 17.7 Å². The normalized spacial score (nSPS) is 16.2. The molecule has 0 bridgehead atoms. The van der Waals surface area contributed by atoms with Crippen molar-refractivity contribution in [2.75, 3.05) is 17.7 Å². The molecule has 1 aromatic carbocycles. The zero-order chi connectivity index (χ0) is 14.8. The maximum absolute atomic E-state index is 11.6. The maximum Gasteiger partial charge on any atom is 0.328 e. The van der Waals surface area contributed by atoms with Crippen LogP contribution in [-0.4, -0.2) is 24.1 Å². The molecule has 0 amide bonds. The lowest BCUT2D eigenvalue weighted by Gasteiger charge is -2.09. The summed E-state index contributed by atoms with van der Waals surface area (Å²) in [4.78, 5) is 16.6. The van der Waals surface area contributed by atoms with Crippen molar-refractivity contribution in [3.63, 3.8) is 0 Å². The van der Waals surface area contributed by atoms with Crippen molar-refractivity contribution in [2.45, 2.75) is 19.0 Å². The first kappa shape index (κ1) is 14.2. The number of thiazole rings is 1. The Labute approximate surface area is 131 Å². The topological polar surface area (TPSA) is 63.2 Å². The lowest BCUT2D eigenvalue weighted by atomic mass is 10.1. The van der Waals surface area contributed by atoms with Gasteiger partial charge in [-0.05, 0) is 17.7 Å². The molecule has 0 radical (unpaired) electrons. The van der Waals surface area contributed by atoms with Gasteiger partial charge in [0.05, 0.1) is 13.7 Å². The van der Waals surface area contributed by atoms with Gasteiger partial charge in [0.15, 0.2) is 4.47 Å². The standard InChI is InChI=1S/C14H14ClN3O2S/c1-20-13(19)12-4-8-2-3-9(5-11(8)18-12)16-6-10-7-17-14(15)21-10/h2-3,5,7,12,16,18H,4,6H2,1H3. The van der Waals surface area contributed by atoms with Crippen LogP contribution < -0.4 is 10.6 Å². The summed E-state index contributed by atoms with van der Waals surface area (Å²) in [5, 5.41) is 6.50. The first-order valence-corrected chi connectivity index (χ1v) is 7.66. The minimum atomic E-state index is -0.291. The monoisotopic (exact) mass is 323 g/mol. The lowest BCUT2D eigenvalue weighted by molar-refractivity contribution is -0.141. The molecule has 0 saturated carbocycles. The van der Waals surface area contributed by atoms with Crippen molar-refractivity contribution in [1.82, 2.24) is 4.98 Å². The number of hydrogen-bond donors (Lipinski definition) is 2. The first-order chi connectivity index (χ1) is 10.2. The summed E-state index contributed by atoms with van der Waals surface area (Å²) in [5.74, 6) is -0.236. The van der Waals surface area contributed by atoms with Gasteiger partial charge in [0.2, 0.25) is 0 Å². The van der Waals surface area contributed by atoms with Crippen molar-refractivity contribution >= 4 is 40.3 Å². The molecule has 1 atom stereocenters. The van der Waals surface area contributed by atoms with E-state index < -0.39 is 0 Å². The molecule has 2 heterocycles. The van der Waals surface area contributed by atoms with Gasteiger partial charge in [-0.3, -0.25) is 0 Å². The number of aromatic nitrogens is 1. The van der Waals surface area contributed by atoms with Crippen molar-refractivity contribution in [3.05, 3.63) is 39.3 Å². The van der Waals surface area contributed by atoms with Crippen LogP contribution in [0, 0.1) is 0 Å². The average molecular weight is 324 g/mol. The Kier molecular flexibility index (Phi) is 3.98. The van der Waals surface area contributed by atoms with Gasteiger partial charge >= 0.3 is 5.97 Å². The van der Waals surface area contributed by atoms with E-state index in [-0.39, 0.29) is 12.0 Å². The van der Waals surface area contributed by atoms with E-state index in [4.69, 9.17) is 16.3 Å². The molecular formula is C14H14ClN3O2S. The molecule has 21 heavy (non-hydrogen) atoms. The molecule has 110 valence electrons. The Balaban J connectivity index is 1.66. The molecule has 1 aliphatic rings. The molecule has 7 heteroatoms. The summed E-state index contributed by atoms with van der Waals surface area (Å²) < 4.78 is 5.31. The zero-order valence-electron chi connectivity index (χ0n) is 11.4. The highest BCUT2D eigenvalue weighted by Crippen LogP contribution is 2.29. The van der Waals surface area contributed by atoms with E-state index in [1.165, 1.54) is 18.4 Å². The predicted octanol–water partition coefficient (Wildman–Crippen LogP) is 2.92. The van der Waals surface area contributed by atoms with Crippen molar-refractivity contribution in [2.24, 2.45) is 0 Å². The Morgan fingerprint density at radius 2 is 2.48 bits per heavy atom. The summed E-state index contributed by atoms with van der Waals surface area (Å²) >= 11 is 7.26. The van der Waals surface area contributed by atoms with E-state index in [0.29, 0.717) is 17.4 Å². The van der Waals surface area contributed by atoms with E-state index in [1.54, 1.807) is 6.20 Å². The van der Waals surface area contributed by atoms with Gasteiger partial charge in [0.25, 0.3) is 0 Å². The zero-order valence-corrected chi connectivity index (χ0v) is 12.9. The quantitative estimate of drug-likeness (QED) is 0.847. The molecule has 1 aliphatic heterocycles. The fourth-order valence-electron chi connectivity index (χ4n) is 2.30.